The summed E-state index contributed by atoms with van der Waals surface area (Å²) in [5.41, 5.74) is 8.32. The van der Waals surface area contributed by atoms with E-state index in [4.69, 9.17) is 11.0 Å². The number of hydrogen-bond donors (Lipinski definition) is 1. The summed E-state index contributed by atoms with van der Waals surface area (Å²) in [4.78, 5) is 2.36. The summed E-state index contributed by atoms with van der Waals surface area (Å²) in [6.45, 7) is 7.83. The maximum atomic E-state index is 9.06. The van der Waals surface area contributed by atoms with Crippen LogP contribution in [0.25, 0.3) is 0 Å². The second-order valence-corrected chi connectivity index (χ2v) is 5.56. The molecule has 1 fully saturated rings. The SMILES string of the molecule is CC1CC(C)C(C)N(c2cccc(C#N)c2N)C1. The number of benzene rings is 1. The van der Waals surface area contributed by atoms with E-state index in [1.807, 2.05) is 12.1 Å². The molecule has 1 aromatic carbocycles. The van der Waals surface area contributed by atoms with Crippen molar-refractivity contribution in [1.29, 1.82) is 5.26 Å². The minimum atomic E-state index is 0.470. The van der Waals surface area contributed by atoms with Crippen LogP contribution in [0.4, 0.5) is 11.4 Å². The summed E-state index contributed by atoms with van der Waals surface area (Å²) in [6, 6.07) is 8.35. The Morgan fingerprint density at radius 1 is 1.33 bits per heavy atom. The van der Waals surface area contributed by atoms with E-state index in [1.165, 1.54) is 6.42 Å². The maximum Gasteiger partial charge on any atom is 0.101 e. The van der Waals surface area contributed by atoms with Crippen LogP contribution in [0.2, 0.25) is 0 Å². The zero-order chi connectivity index (χ0) is 13.3. The van der Waals surface area contributed by atoms with Crippen molar-refractivity contribution in [2.45, 2.75) is 33.2 Å². The lowest BCUT2D eigenvalue weighted by atomic mass is 9.85. The molecular formula is C15H21N3. The predicted octanol–water partition coefficient (Wildman–Crippen LogP) is 3.01. The molecule has 0 saturated carbocycles. The highest BCUT2D eigenvalue weighted by Gasteiger charge is 2.30. The zero-order valence-electron chi connectivity index (χ0n) is 11.4. The Kier molecular flexibility index (Phi) is 3.47. The molecule has 0 aliphatic carbocycles. The van der Waals surface area contributed by atoms with Gasteiger partial charge in [0.05, 0.1) is 16.9 Å². The van der Waals surface area contributed by atoms with Crippen LogP contribution >= 0.6 is 0 Å². The number of nitriles is 1. The van der Waals surface area contributed by atoms with E-state index in [0.29, 0.717) is 29.1 Å². The summed E-state index contributed by atoms with van der Waals surface area (Å²) >= 11 is 0. The molecule has 1 aromatic rings. The minimum absolute atomic E-state index is 0.470. The van der Waals surface area contributed by atoms with E-state index in [9.17, 15) is 0 Å². The first kappa shape index (κ1) is 12.8. The molecule has 3 atom stereocenters. The summed E-state index contributed by atoms with van der Waals surface area (Å²) in [5.74, 6) is 1.32. The van der Waals surface area contributed by atoms with Gasteiger partial charge in [0.1, 0.15) is 6.07 Å². The largest absolute Gasteiger partial charge is 0.396 e. The van der Waals surface area contributed by atoms with Crippen molar-refractivity contribution < 1.29 is 0 Å². The molecule has 2 N–H and O–H groups in total. The molecule has 2 rings (SSSR count). The van der Waals surface area contributed by atoms with Gasteiger partial charge in [0, 0.05) is 12.6 Å². The molecule has 96 valence electrons. The Balaban J connectivity index is 2.39. The third kappa shape index (κ3) is 2.15. The Morgan fingerprint density at radius 3 is 2.72 bits per heavy atom. The number of anilines is 2. The number of nitrogens with zero attached hydrogens (tertiary/aromatic N) is 2. The van der Waals surface area contributed by atoms with Crippen molar-refractivity contribution in [3.8, 4) is 6.07 Å². The highest BCUT2D eigenvalue weighted by molar-refractivity contribution is 5.74. The van der Waals surface area contributed by atoms with Crippen LogP contribution in [-0.4, -0.2) is 12.6 Å². The van der Waals surface area contributed by atoms with E-state index in [2.05, 4.69) is 31.7 Å². The van der Waals surface area contributed by atoms with Crippen LogP contribution in [0.15, 0.2) is 18.2 Å². The third-order valence-corrected chi connectivity index (χ3v) is 4.11. The van der Waals surface area contributed by atoms with Gasteiger partial charge < -0.3 is 10.6 Å². The monoisotopic (exact) mass is 243 g/mol. The fourth-order valence-corrected chi connectivity index (χ4v) is 2.93. The van der Waals surface area contributed by atoms with Crippen molar-refractivity contribution >= 4 is 11.4 Å². The Morgan fingerprint density at radius 2 is 2.06 bits per heavy atom. The third-order valence-electron chi connectivity index (χ3n) is 4.11. The van der Waals surface area contributed by atoms with Gasteiger partial charge >= 0.3 is 0 Å². The Hall–Kier alpha value is -1.69. The van der Waals surface area contributed by atoms with Gasteiger partial charge in [-0.3, -0.25) is 0 Å². The lowest BCUT2D eigenvalue weighted by molar-refractivity contribution is 0.297. The summed E-state index contributed by atoms with van der Waals surface area (Å²) in [6.07, 6.45) is 1.26. The molecule has 0 aromatic heterocycles. The highest BCUT2D eigenvalue weighted by Crippen LogP contribution is 2.35. The quantitative estimate of drug-likeness (QED) is 0.771. The van der Waals surface area contributed by atoms with Gasteiger partial charge in [-0.05, 0) is 37.3 Å². The number of nitrogen functional groups attached to an aromatic ring is 1. The second-order valence-electron chi connectivity index (χ2n) is 5.56. The molecule has 1 aliphatic rings. The fraction of sp³-hybridized carbons (Fsp3) is 0.533. The summed E-state index contributed by atoms with van der Waals surface area (Å²) in [5, 5.41) is 9.06. The van der Waals surface area contributed by atoms with Crippen molar-refractivity contribution in [1.82, 2.24) is 0 Å². The highest BCUT2D eigenvalue weighted by atomic mass is 15.2. The van der Waals surface area contributed by atoms with Crippen LogP contribution in [-0.2, 0) is 0 Å². The molecule has 1 aliphatic heterocycles. The van der Waals surface area contributed by atoms with Crippen LogP contribution in [0.1, 0.15) is 32.8 Å². The first-order chi connectivity index (χ1) is 8.54. The van der Waals surface area contributed by atoms with Crippen molar-refractivity contribution in [2.24, 2.45) is 11.8 Å². The molecular weight excluding hydrogens is 222 g/mol. The normalized spacial score (nSPS) is 27.9. The molecule has 18 heavy (non-hydrogen) atoms. The number of nitrogens with two attached hydrogens (primary N) is 1. The number of hydrogen-bond acceptors (Lipinski definition) is 3. The number of para-hydroxylation sites is 1. The molecule has 1 saturated heterocycles. The van der Waals surface area contributed by atoms with Gasteiger partial charge in [-0.2, -0.15) is 5.26 Å². The summed E-state index contributed by atoms with van der Waals surface area (Å²) in [7, 11) is 0. The van der Waals surface area contributed by atoms with Crippen LogP contribution in [0.3, 0.4) is 0 Å². The Bertz CT molecular complexity index is 475. The number of piperidine rings is 1. The second kappa shape index (κ2) is 4.89. The molecule has 0 amide bonds. The van der Waals surface area contributed by atoms with Crippen molar-refractivity contribution in [2.75, 3.05) is 17.2 Å². The summed E-state index contributed by atoms with van der Waals surface area (Å²) < 4.78 is 0. The predicted molar refractivity (Wildman–Crippen MR) is 75.3 cm³/mol. The van der Waals surface area contributed by atoms with Gasteiger partial charge in [-0.25, -0.2) is 0 Å². The molecule has 1 heterocycles. The van der Waals surface area contributed by atoms with E-state index in [0.717, 1.165) is 12.2 Å². The van der Waals surface area contributed by atoms with Gasteiger partial charge in [0.25, 0.3) is 0 Å². The molecule has 0 radical (unpaired) electrons. The molecule has 3 nitrogen and oxygen atoms in total. The Labute approximate surface area is 109 Å². The smallest absolute Gasteiger partial charge is 0.101 e. The van der Waals surface area contributed by atoms with Crippen LogP contribution < -0.4 is 10.6 Å². The molecule has 0 spiro atoms. The van der Waals surface area contributed by atoms with Gasteiger partial charge in [-0.15, -0.1) is 0 Å². The van der Waals surface area contributed by atoms with E-state index in [-0.39, 0.29) is 0 Å². The standard InChI is InChI=1S/C15H21N3/c1-10-7-11(2)12(3)18(9-10)14-6-4-5-13(8-16)15(14)17/h4-6,10-12H,7,9,17H2,1-3H3. The minimum Gasteiger partial charge on any atom is -0.396 e. The molecule has 3 unspecified atom stereocenters. The van der Waals surface area contributed by atoms with Crippen molar-refractivity contribution in [3.05, 3.63) is 23.8 Å². The molecule has 0 bridgehead atoms. The van der Waals surface area contributed by atoms with E-state index in [1.54, 1.807) is 6.07 Å². The first-order valence-electron chi connectivity index (χ1n) is 6.59. The van der Waals surface area contributed by atoms with Crippen LogP contribution in [0, 0.1) is 23.2 Å². The zero-order valence-corrected chi connectivity index (χ0v) is 11.4. The topological polar surface area (TPSA) is 53.0 Å². The fourth-order valence-electron chi connectivity index (χ4n) is 2.93. The maximum absolute atomic E-state index is 9.06. The van der Waals surface area contributed by atoms with Crippen molar-refractivity contribution in [3.63, 3.8) is 0 Å². The van der Waals surface area contributed by atoms with Gasteiger partial charge in [0.2, 0.25) is 0 Å². The van der Waals surface area contributed by atoms with E-state index < -0.39 is 0 Å². The lowest BCUT2D eigenvalue weighted by Crippen LogP contribution is -2.46. The average molecular weight is 243 g/mol. The lowest BCUT2D eigenvalue weighted by Gasteiger charge is -2.43. The van der Waals surface area contributed by atoms with Gasteiger partial charge in [-0.1, -0.05) is 19.9 Å². The van der Waals surface area contributed by atoms with Gasteiger partial charge in [0.15, 0.2) is 0 Å². The van der Waals surface area contributed by atoms with Crippen LogP contribution in [0.5, 0.6) is 0 Å². The number of rotatable bonds is 1. The average Bonchev–Trinajstić information content (AvgIpc) is 2.34. The molecule has 3 heteroatoms. The van der Waals surface area contributed by atoms with E-state index >= 15 is 0 Å². The first-order valence-corrected chi connectivity index (χ1v) is 6.59.